The van der Waals surface area contributed by atoms with Gasteiger partial charge >= 0.3 is 5.97 Å². The number of rotatable bonds is 4. The van der Waals surface area contributed by atoms with Crippen LogP contribution in [0.1, 0.15) is 32.0 Å². The largest absolute Gasteiger partial charge is 0.476 e. The molecular weight excluding hydrogens is 366 g/mol. The average Bonchev–Trinajstić information content (AvgIpc) is 3.38. The molecule has 2 aromatic heterocycles. The second kappa shape index (κ2) is 7.34. The minimum atomic E-state index is -1.17. The van der Waals surface area contributed by atoms with Gasteiger partial charge in [-0.2, -0.15) is 5.10 Å². The molecule has 3 aromatic rings. The Hall–Kier alpha value is -2.97. The van der Waals surface area contributed by atoms with Gasteiger partial charge in [0.15, 0.2) is 5.69 Å². The van der Waals surface area contributed by atoms with Crippen LogP contribution in [0.4, 0.5) is 0 Å². The normalized spacial score (nSPS) is 17.0. The number of ether oxygens (including phenoxy) is 1. The molecule has 1 aliphatic rings. The van der Waals surface area contributed by atoms with E-state index in [1.54, 1.807) is 28.4 Å². The van der Waals surface area contributed by atoms with Crippen LogP contribution in [0.3, 0.4) is 0 Å². The van der Waals surface area contributed by atoms with E-state index in [0.29, 0.717) is 25.4 Å². The number of aromatic nitrogens is 2. The molecule has 1 amide bonds. The first-order valence-corrected chi connectivity index (χ1v) is 9.34. The Morgan fingerprint density at radius 3 is 2.70 bits per heavy atom. The van der Waals surface area contributed by atoms with E-state index in [2.05, 4.69) is 5.10 Å². The summed E-state index contributed by atoms with van der Waals surface area (Å²) < 4.78 is 7.19. The molecule has 1 aromatic carbocycles. The number of benzene rings is 1. The van der Waals surface area contributed by atoms with Crippen LogP contribution in [0, 0.1) is 0 Å². The van der Waals surface area contributed by atoms with Gasteiger partial charge in [0.1, 0.15) is 11.8 Å². The van der Waals surface area contributed by atoms with Crippen molar-refractivity contribution in [2.45, 2.75) is 6.10 Å². The Labute approximate surface area is 159 Å². The van der Waals surface area contributed by atoms with Crippen molar-refractivity contribution in [3.8, 4) is 5.69 Å². The number of amides is 1. The molecule has 0 saturated carbocycles. The molecule has 7 nitrogen and oxygen atoms in total. The fourth-order valence-electron chi connectivity index (χ4n) is 3.05. The van der Waals surface area contributed by atoms with E-state index in [4.69, 9.17) is 4.74 Å². The van der Waals surface area contributed by atoms with Crippen molar-refractivity contribution in [3.05, 3.63) is 70.2 Å². The third-order valence-electron chi connectivity index (χ3n) is 4.36. The predicted octanol–water partition coefficient (Wildman–Crippen LogP) is 2.85. The Morgan fingerprint density at radius 1 is 1.19 bits per heavy atom. The quantitative estimate of drug-likeness (QED) is 0.749. The smallest absolute Gasteiger partial charge is 0.356 e. The summed E-state index contributed by atoms with van der Waals surface area (Å²) in [4.78, 5) is 27.3. The highest BCUT2D eigenvalue weighted by Gasteiger charge is 2.30. The highest BCUT2D eigenvalue weighted by Crippen LogP contribution is 2.27. The van der Waals surface area contributed by atoms with Crippen LogP contribution in [0.2, 0.25) is 0 Å². The third-order valence-corrected chi connectivity index (χ3v) is 5.33. The zero-order valence-corrected chi connectivity index (χ0v) is 15.1. The molecule has 1 aliphatic heterocycles. The Bertz CT molecular complexity index is 953. The molecule has 138 valence electrons. The second-order valence-electron chi connectivity index (χ2n) is 6.09. The second-order valence-corrected chi connectivity index (χ2v) is 7.07. The standard InChI is InChI=1S/C19H17N3O4S/c23-18(21-8-9-26-16(12-21)17-7-4-10-27-17)15-11-14(19(24)25)20-22(15)13-5-2-1-3-6-13/h1-7,10-11,16H,8-9,12H2,(H,24,25)/t16-/m1/s1. The third kappa shape index (κ3) is 3.49. The molecule has 0 bridgehead atoms. The lowest BCUT2D eigenvalue weighted by molar-refractivity contribution is -0.0214. The number of hydrogen-bond acceptors (Lipinski definition) is 5. The molecule has 8 heteroatoms. The van der Waals surface area contributed by atoms with E-state index in [9.17, 15) is 14.7 Å². The molecule has 27 heavy (non-hydrogen) atoms. The number of thiophene rings is 1. The van der Waals surface area contributed by atoms with Gasteiger partial charge < -0.3 is 14.7 Å². The number of aromatic carboxylic acids is 1. The maximum Gasteiger partial charge on any atom is 0.356 e. The van der Waals surface area contributed by atoms with E-state index in [0.717, 1.165) is 4.88 Å². The first-order chi connectivity index (χ1) is 13.1. The summed E-state index contributed by atoms with van der Waals surface area (Å²) in [7, 11) is 0. The number of carboxylic acids is 1. The average molecular weight is 383 g/mol. The van der Waals surface area contributed by atoms with Gasteiger partial charge in [-0.05, 0) is 23.6 Å². The highest BCUT2D eigenvalue weighted by atomic mass is 32.1. The molecule has 0 spiro atoms. The Morgan fingerprint density at radius 2 is 2.00 bits per heavy atom. The van der Waals surface area contributed by atoms with Crippen molar-refractivity contribution in [3.63, 3.8) is 0 Å². The van der Waals surface area contributed by atoms with Crippen LogP contribution in [-0.4, -0.2) is 51.4 Å². The minimum absolute atomic E-state index is 0.162. The first kappa shape index (κ1) is 17.4. The Kier molecular flexibility index (Phi) is 4.74. The van der Waals surface area contributed by atoms with Crippen LogP contribution in [0.15, 0.2) is 53.9 Å². The van der Waals surface area contributed by atoms with Crippen LogP contribution in [-0.2, 0) is 4.74 Å². The molecule has 1 saturated heterocycles. The van der Waals surface area contributed by atoms with Gasteiger partial charge in [-0.15, -0.1) is 11.3 Å². The van der Waals surface area contributed by atoms with Crippen molar-refractivity contribution in [2.24, 2.45) is 0 Å². The SMILES string of the molecule is O=C(O)c1cc(C(=O)N2CCO[C@@H](c3cccs3)C2)n(-c2ccccc2)n1. The summed E-state index contributed by atoms with van der Waals surface area (Å²) in [5.41, 5.74) is 0.701. The molecule has 0 unspecified atom stereocenters. The number of carbonyl (C=O) groups is 2. The fourth-order valence-corrected chi connectivity index (χ4v) is 3.81. The molecule has 0 radical (unpaired) electrons. The zero-order chi connectivity index (χ0) is 18.8. The number of nitrogens with zero attached hydrogens (tertiary/aromatic N) is 3. The topological polar surface area (TPSA) is 84.7 Å². The highest BCUT2D eigenvalue weighted by molar-refractivity contribution is 7.10. The van der Waals surface area contributed by atoms with Crippen molar-refractivity contribution in [2.75, 3.05) is 19.7 Å². The molecule has 3 heterocycles. The van der Waals surface area contributed by atoms with E-state index < -0.39 is 5.97 Å². The maximum absolute atomic E-state index is 13.2. The fraction of sp³-hybridized carbons (Fsp3) is 0.211. The van der Waals surface area contributed by atoms with Crippen molar-refractivity contribution < 1.29 is 19.4 Å². The number of para-hydroxylation sites is 1. The summed E-state index contributed by atoms with van der Waals surface area (Å²) >= 11 is 1.59. The van der Waals surface area contributed by atoms with Gasteiger partial charge in [-0.1, -0.05) is 24.3 Å². The molecule has 1 N–H and O–H groups in total. The van der Waals surface area contributed by atoms with Crippen molar-refractivity contribution in [1.29, 1.82) is 0 Å². The van der Waals surface area contributed by atoms with E-state index in [1.807, 2.05) is 35.7 Å². The van der Waals surface area contributed by atoms with Crippen LogP contribution >= 0.6 is 11.3 Å². The summed E-state index contributed by atoms with van der Waals surface area (Å²) in [6.45, 7) is 1.30. The number of morpholine rings is 1. The summed E-state index contributed by atoms with van der Waals surface area (Å²) in [6.07, 6.45) is -0.172. The van der Waals surface area contributed by atoms with Gasteiger partial charge in [0.25, 0.3) is 5.91 Å². The summed E-state index contributed by atoms with van der Waals surface area (Å²) in [6, 6.07) is 14.3. The lowest BCUT2D eigenvalue weighted by atomic mass is 10.2. The van der Waals surface area contributed by atoms with Gasteiger partial charge in [0.05, 0.1) is 18.8 Å². The monoisotopic (exact) mass is 383 g/mol. The maximum atomic E-state index is 13.2. The van der Waals surface area contributed by atoms with Gasteiger partial charge in [-0.25, -0.2) is 9.48 Å². The van der Waals surface area contributed by atoms with Crippen LogP contribution in [0.5, 0.6) is 0 Å². The van der Waals surface area contributed by atoms with Gasteiger partial charge in [-0.3, -0.25) is 4.79 Å². The predicted molar refractivity (Wildman–Crippen MR) is 99.4 cm³/mol. The van der Waals surface area contributed by atoms with Crippen LogP contribution in [0.25, 0.3) is 5.69 Å². The van der Waals surface area contributed by atoms with Crippen LogP contribution < -0.4 is 0 Å². The van der Waals surface area contributed by atoms with Crippen molar-refractivity contribution >= 4 is 23.2 Å². The molecule has 0 aliphatic carbocycles. The number of carboxylic acid groups (broad SMARTS) is 1. The molecular formula is C19H17N3O4S. The molecule has 1 fully saturated rings. The molecule has 1 atom stereocenters. The first-order valence-electron chi connectivity index (χ1n) is 8.46. The van der Waals surface area contributed by atoms with E-state index >= 15 is 0 Å². The van der Waals surface area contributed by atoms with Gasteiger partial charge in [0, 0.05) is 17.5 Å². The van der Waals surface area contributed by atoms with E-state index in [1.165, 1.54) is 10.7 Å². The number of hydrogen-bond donors (Lipinski definition) is 1. The van der Waals surface area contributed by atoms with Crippen molar-refractivity contribution in [1.82, 2.24) is 14.7 Å². The van der Waals surface area contributed by atoms with Gasteiger partial charge in [0.2, 0.25) is 0 Å². The number of carbonyl (C=O) groups excluding carboxylic acids is 1. The Balaban J connectivity index is 1.66. The van der Waals surface area contributed by atoms with E-state index in [-0.39, 0.29) is 23.4 Å². The lowest BCUT2D eigenvalue weighted by Crippen LogP contribution is -2.42. The summed E-state index contributed by atoms with van der Waals surface area (Å²) in [5.74, 6) is -1.43. The minimum Gasteiger partial charge on any atom is -0.476 e. The summed E-state index contributed by atoms with van der Waals surface area (Å²) in [5, 5.41) is 15.4. The zero-order valence-electron chi connectivity index (χ0n) is 14.3. The molecule has 4 rings (SSSR count). The lowest BCUT2D eigenvalue weighted by Gasteiger charge is -2.32.